The van der Waals surface area contributed by atoms with Crippen molar-refractivity contribution < 1.29 is 9.53 Å². The topological polar surface area (TPSA) is 41.6 Å². The Morgan fingerprint density at radius 3 is 2.74 bits per heavy atom. The van der Waals surface area contributed by atoms with Crippen LogP contribution in [0.5, 0.6) is 5.75 Å². The summed E-state index contributed by atoms with van der Waals surface area (Å²) in [5.74, 6) is 0.828. The zero-order valence-electron chi connectivity index (χ0n) is 11.9. The van der Waals surface area contributed by atoms with Crippen molar-refractivity contribution in [3.05, 3.63) is 28.2 Å². The number of nitrogens with one attached hydrogen (secondary N) is 1. The first-order valence-electron chi connectivity index (χ1n) is 6.29. The molecule has 0 aliphatic rings. The fourth-order valence-corrected chi connectivity index (χ4v) is 2.21. The molecule has 0 aliphatic heterocycles. The van der Waals surface area contributed by atoms with E-state index in [1.807, 2.05) is 32.0 Å². The standard InChI is InChI=1S/C14H21BrN2O2/c1-10(2)17(3)14(18)16-9-8-11-6-5-7-12(15)13(11)19-4/h5-7,10H,8-9H2,1-4H3,(H,16,18). The summed E-state index contributed by atoms with van der Waals surface area (Å²) >= 11 is 3.45. The van der Waals surface area contributed by atoms with Crippen LogP contribution in [0.2, 0.25) is 0 Å². The molecule has 0 atom stereocenters. The van der Waals surface area contributed by atoms with Crippen LogP contribution < -0.4 is 10.1 Å². The lowest BCUT2D eigenvalue weighted by Gasteiger charge is -2.22. The highest BCUT2D eigenvalue weighted by atomic mass is 79.9. The molecule has 0 saturated carbocycles. The Morgan fingerprint density at radius 1 is 1.47 bits per heavy atom. The summed E-state index contributed by atoms with van der Waals surface area (Å²) in [6.45, 7) is 4.55. The molecule has 1 aromatic rings. The highest BCUT2D eigenvalue weighted by Gasteiger charge is 2.11. The number of para-hydroxylation sites is 1. The smallest absolute Gasteiger partial charge is 0.317 e. The first-order chi connectivity index (χ1) is 8.97. The molecule has 0 spiro atoms. The summed E-state index contributed by atoms with van der Waals surface area (Å²) in [4.78, 5) is 13.4. The molecule has 4 nitrogen and oxygen atoms in total. The molecule has 0 bridgehead atoms. The van der Waals surface area contributed by atoms with E-state index in [1.165, 1.54) is 0 Å². The summed E-state index contributed by atoms with van der Waals surface area (Å²) in [6, 6.07) is 6.05. The molecule has 1 rings (SSSR count). The minimum atomic E-state index is -0.0519. The van der Waals surface area contributed by atoms with Gasteiger partial charge in [0.15, 0.2) is 0 Å². The van der Waals surface area contributed by atoms with Gasteiger partial charge in [0, 0.05) is 19.6 Å². The van der Waals surface area contributed by atoms with E-state index < -0.39 is 0 Å². The Balaban J connectivity index is 2.54. The predicted octanol–water partition coefficient (Wildman–Crippen LogP) is 3.05. The van der Waals surface area contributed by atoms with E-state index in [-0.39, 0.29) is 12.1 Å². The average molecular weight is 329 g/mol. The lowest BCUT2D eigenvalue weighted by atomic mass is 10.1. The molecule has 106 valence electrons. The highest BCUT2D eigenvalue weighted by Crippen LogP contribution is 2.28. The van der Waals surface area contributed by atoms with Gasteiger partial charge in [0.05, 0.1) is 11.6 Å². The summed E-state index contributed by atoms with van der Waals surface area (Å²) < 4.78 is 6.28. The Labute approximate surface area is 123 Å². The minimum Gasteiger partial charge on any atom is -0.495 e. The number of methoxy groups -OCH3 is 1. The van der Waals surface area contributed by atoms with E-state index >= 15 is 0 Å². The quantitative estimate of drug-likeness (QED) is 0.902. The van der Waals surface area contributed by atoms with Gasteiger partial charge in [-0.05, 0) is 47.8 Å². The van der Waals surface area contributed by atoms with Crippen LogP contribution in [-0.2, 0) is 6.42 Å². The first-order valence-corrected chi connectivity index (χ1v) is 7.08. The molecule has 1 N–H and O–H groups in total. The Morgan fingerprint density at radius 2 is 2.16 bits per heavy atom. The van der Waals surface area contributed by atoms with Crippen LogP contribution in [0.1, 0.15) is 19.4 Å². The molecule has 0 radical (unpaired) electrons. The van der Waals surface area contributed by atoms with Crippen LogP contribution in [0.25, 0.3) is 0 Å². The molecular weight excluding hydrogens is 308 g/mol. The van der Waals surface area contributed by atoms with Crippen molar-refractivity contribution >= 4 is 22.0 Å². The zero-order valence-corrected chi connectivity index (χ0v) is 13.5. The van der Waals surface area contributed by atoms with Gasteiger partial charge in [0.25, 0.3) is 0 Å². The van der Waals surface area contributed by atoms with Gasteiger partial charge in [-0.1, -0.05) is 12.1 Å². The zero-order chi connectivity index (χ0) is 14.4. The van der Waals surface area contributed by atoms with Gasteiger partial charge in [-0.25, -0.2) is 4.79 Å². The van der Waals surface area contributed by atoms with Crippen molar-refractivity contribution in [1.82, 2.24) is 10.2 Å². The van der Waals surface area contributed by atoms with E-state index in [9.17, 15) is 4.79 Å². The molecular formula is C14H21BrN2O2. The number of benzene rings is 1. The maximum atomic E-state index is 11.8. The molecule has 0 aliphatic carbocycles. The van der Waals surface area contributed by atoms with Crippen molar-refractivity contribution in [2.75, 3.05) is 20.7 Å². The maximum Gasteiger partial charge on any atom is 0.317 e. The van der Waals surface area contributed by atoms with Crippen molar-refractivity contribution in [2.24, 2.45) is 0 Å². The van der Waals surface area contributed by atoms with Crippen LogP contribution in [0, 0.1) is 0 Å². The normalized spacial score (nSPS) is 10.4. The Hall–Kier alpha value is -1.23. The van der Waals surface area contributed by atoms with E-state index in [4.69, 9.17) is 4.74 Å². The number of hydrogen-bond acceptors (Lipinski definition) is 2. The summed E-state index contributed by atoms with van der Waals surface area (Å²) in [5.41, 5.74) is 1.07. The Kier molecular flexibility index (Phi) is 6.15. The van der Waals surface area contributed by atoms with E-state index in [1.54, 1.807) is 19.1 Å². The maximum absolute atomic E-state index is 11.8. The number of carbonyl (C=O) groups excluding carboxylic acids is 1. The van der Waals surface area contributed by atoms with Gasteiger partial charge in [-0.15, -0.1) is 0 Å². The summed E-state index contributed by atoms with van der Waals surface area (Å²) in [7, 11) is 3.44. The number of rotatable bonds is 5. The first kappa shape index (κ1) is 15.8. The number of hydrogen-bond donors (Lipinski definition) is 1. The lowest BCUT2D eigenvalue weighted by molar-refractivity contribution is 0.198. The molecule has 0 unspecified atom stereocenters. The van der Waals surface area contributed by atoms with Gasteiger partial charge in [0.2, 0.25) is 0 Å². The number of amides is 2. The van der Waals surface area contributed by atoms with Crippen LogP contribution in [-0.4, -0.2) is 37.7 Å². The molecule has 0 heterocycles. The summed E-state index contributed by atoms with van der Waals surface area (Å²) in [6.07, 6.45) is 0.736. The third-order valence-corrected chi connectivity index (χ3v) is 3.64. The Bertz CT molecular complexity index is 435. The predicted molar refractivity (Wildman–Crippen MR) is 80.7 cm³/mol. The molecule has 5 heteroatoms. The second-order valence-electron chi connectivity index (χ2n) is 4.62. The van der Waals surface area contributed by atoms with Gasteiger partial charge in [-0.2, -0.15) is 0 Å². The van der Waals surface area contributed by atoms with Crippen molar-refractivity contribution in [3.8, 4) is 5.75 Å². The van der Waals surface area contributed by atoms with E-state index in [0.717, 1.165) is 22.2 Å². The molecule has 2 amide bonds. The summed E-state index contributed by atoms with van der Waals surface area (Å²) in [5, 5.41) is 2.90. The molecule has 0 aromatic heterocycles. The largest absolute Gasteiger partial charge is 0.495 e. The van der Waals surface area contributed by atoms with Crippen LogP contribution in [0.3, 0.4) is 0 Å². The SMILES string of the molecule is COc1c(Br)cccc1CCNC(=O)N(C)C(C)C. The van der Waals surface area contributed by atoms with Crippen LogP contribution in [0.15, 0.2) is 22.7 Å². The fourth-order valence-electron chi connectivity index (χ4n) is 1.64. The molecule has 0 saturated heterocycles. The highest BCUT2D eigenvalue weighted by molar-refractivity contribution is 9.10. The monoisotopic (exact) mass is 328 g/mol. The van der Waals surface area contributed by atoms with Crippen LogP contribution >= 0.6 is 15.9 Å². The van der Waals surface area contributed by atoms with Gasteiger partial charge in [0.1, 0.15) is 5.75 Å². The number of urea groups is 1. The second-order valence-corrected chi connectivity index (χ2v) is 5.47. The number of carbonyl (C=O) groups is 1. The van der Waals surface area contributed by atoms with Gasteiger partial charge in [-0.3, -0.25) is 0 Å². The van der Waals surface area contributed by atoms with Crippen molar-refractivity contribution in [3.63, 3.8) is 0 Å². The number of nitrogens with zero attached hydrogens (tertiary/aromatic N) is 1. The third-order valence-electron chi connectivity index (χ3n) is 3.02. The lowest BCUT2D eigenvalue weighted by Crippen LogP contribution is -2.41. The molecule has 0 fully saturated rings. The van der Waals surface area contributed by atoms with Gasteiger partial charge >= 0.3 is 6.03 Å². The van der Waals surface area contributed by atoms with Gasteiger partial charge < -0.3 is 15.0 Å². The molecule has 19 heavy (non-hydrogen) atoms. The van der Waals surface area contributed by atoms with Crippen molar-refractivity contribution in [1.29, 1.82) is 0 Å². The van der Waals surface area contributed by atoms with Crippen molar-refractivity contribution in [2.45, 2.75) is 26.3 Å². The van der Waals surface area contributed by atoms with E-state index in [2.05, 4.69) is 21.2 Å². The average Bonchev–Trinajstić information content (AvgIpc) is 2.37. The third kappa shape index (κ3) is 4.42. The fraction of sp³-hybridized carbons (Fsp3) is 0.500. The number of halogens is 1. The minimum absolute atomic E-state index is 0.0519. The second kappa shape index (κ2) is 7.38. The van der Waals surface area contributed by atoms with E-state index in [0.29, 0.717) is 6.54 Å². The van der Waals surface area contributed by atoms with Crippen LogP contribution in [0.4, 0.5) is 4.79 Å². The molecule has 1 aromatic carbocycles. The number of ether oxygens (including phenoxy) is 1.